The standard InChI is InChI=1S/C11H11Cl2N3O/c12-8-4-9(13)6-10(5-8)16-7-11(17)15-3-1-2-14/h4-6,16H,1,3,7H2,(H,15,17). The summed E-state index contributed by atoms with van der Waals surface area (Å²) in [6.07, 6.45) is 0.300. The molecule has 17 heavy (non-hydrogen) atoms. The van der Waals surface area contributed by atoms with Gasteiger partial charge in [0.2, 0.25) is 5.91 Å². The lowest BCUT2D eigenvalue weighted by Crippen LogP contribution is -2.30. The number of amides is 1. The largest absolute Gasteiger partial charge is 0.376 e. The van der Waals surface area contributed by atoms with Crippen molar-refractivity contribution in [1.82, 2.24) is 5.32 Å². The molecule has 1 aromatic carbocycles. The Morgan fingerprint density at radius 2 is 1.94 bits per heavy atom. The highest BCUT2D eigenvalue weighted by Gasteiger charge is 2.02. The van der Waals surface area contributed by atoms with Gasteiger partial charge in [-0.05, 0) is 18.2 Å². The average molecular weight is 272 g/mol. The molecule has 0 radical (unpaired) electrons. The lowest BCUT2D eigenvalue weighted by molar-refractivity contribution is -0.119. The van der Waals surface area contributed by atoms with Crippen LogP contribution in [0.1, 0.15) is 6.42 Å². The van der Waals surface area contributed by atoms with Crippen molar-refractivity contribution in [2.75, 3.05) is 18.4 Å². The van der Waals surface area contributed by atoms with Crippen molar-refractivity contribution in [2.45, 2.75) is 6.42 Å². The van der Waals surface area contributed by atoms with Gasteiger partial charge in [-0.1, -0.05) is 23.2 Å². The monoisotopic (exact) mass is 271 g/mol. The summed E-state index contributed by atoms with van der Waals surface area (Å²) < 4.78 is 0. The number of hydrogen-bond donors (Lipinski definition) is 2. The van der Waals surface area contributed by atoms with E-state index in [0.29, 0.717) is 28.7 Å². The topological polar surface area (TPSA) is 64.9 Å². The first-order valence-electron chi connectivity index (χ1n) is 4.95. The van der Waals surface area contributed by atoms with Crippen LogP contribution in [0.3, 0.4) is 0 Å². The number of halogens is 2. The molecule has 1 amide bonds. The van der Waals surface area contributed by atoms with Crippen LogP contribution in [-0.2, 0) is 4.79 Å². The molecule has 0 unspecified atom stereocenters. The third kappa shape index (κ3) is 5.43. The van der Waals surface area contributed by atoms with Gasteiger partial charge in [0.25, 0.3) is 0 Å². The van der Waals surface area contributed by atoms with Crippen molar-refractivity contribution in [1.29, 1.82) is 5.26 Å². The fourth-order valence-electron chi connectivity index (χ4n) is 1.16. The lowest BCUT2D eigenvalue weighted by Gasteiger charge is -2.07. The molecule has 0 heterocycles. The third-order valence-corrected chi connectivity index (χ3v) is 2.31. The summed E-state index contributed by atoms with van der Waals surface area (Å²) in [6, 6.07) is 6.91. The van der Waals surface area contributed by atoms with Crippen molar-refractivity contribution in [3.8, 4) is 6.07 Å². The van der Waals surface area contributed by atoms with Crippen LogP contribution in [0, 0.1) is 11.3 Å². The summed E-state index contributed by atoms with van der Waals surface area (Å²) in [5.41, 5.74) is 0.679. The summed E-state index contributed by atoms with van der Waals surface area (Å²) in [5.74, 6) is -0.184. The fraction of sp³-hybridized carbons (Fsp3) is 0.273. The Morgan fingerprint density at radius 1 is 1.29 bits per heavy atom. The Labute approximate surface area is 110 Å². The Balaban J connectivity index is 2.39. The minimum Gasteiger partial charge on any atom is -0.376 e. The Kier molecular flexibility index (Phi) is 5.61. The Hall–Kier alpha value is -1.44. The van der Waals surface area contributed by atoms with Gasteiger partial charge in [0.05, 0.1) is 19.0 Å². The molecule has 0 aromatic heterocycles. The van der Waals surface area contributed by atoms with Gasteiger partial charge >= 0.3 is 0 Å². The number of nitrogens with one attached hydrogen (secondary N) is 2. The molecule has 1 rings (SSSR count). The second kappa shape index (κ2) is 7.00. The molecule has 0 bridgehead atoms. The van der Waals surface area contributed by atoms with Gasteiger partial charge in [-0.15, -0.1) is 0 Å². The second-order valence-electron chi connectivity index (χ2n) is 3.27. The molecule has 0 spiro atoms. The van der Waals surface area contributed by atoms with E-state index in [1.807, 2.05) is 6.07 Å². The molecule has 0 aliphatic heterocycles. The van der Waals surface area contributed by atoms with Gasteiger partial charge in [0.1, 0.15) is 0 Å². The summed E-state index contributed by atoms with van der Waals surface area (Å²) in [5, 5.41) is 14.8. The number of hydrogen-bond acceptors (Lipinski definition) is 3. The van der Waals surface area contributed by atoms with E-state index in [4.69, 9.17) is 28.5 Å². The minimum atomic E-state index is -0.184. The van der Waals surface area contributed by atoms with E-state index >= 15 is 0 Å². The van der Waals surface area contributed by atoms with Crippen LogP contribution in [0.4, 0.5) is 5.69 Å². The van der Waals surface area contributed by atoms with Crippen LogP contribution in [0.2, 0.25) is 10.0 Å². The van der Waals surface area contributed by atoms with E-state index in [0.717, 1.165) is 0 Å². The summed E-state index contributed by atoms with van der Waals surface area (Å²) in [4.78, 5) is 11.3. The van der Waals surface area contributed by atoms with Gasteiger partial charge in [-0.2, -0.15) is 5.26 Å². The molecule has 4 nitrogen and oxygen atoms in total. The molecule has 90 valence electrons. The Morgan fingerprint density at radius 3 is 2.53 bits per heavy atom. The molecule has 0 aliphatic rings. The SMILES string of the molecule is N#CCCNC(=O)CNc1cc(Cl)cc(Cl)c1. The Bertz CT molecular complexity index is 423. The molecule has 0 fully saturated rings. The fourth-order valence-corrected chi connectivity index (χ4v) is 1.68. The third-order valence-electron chi connectivity index (χ3n) is 1.87. The zero-order valence-corrected chi connectivity index (χ0v) is 10.5. The van der Waals surface area contributed by atoms with Crippen molar-refractivity contribution in [3.63, 3.8) is 0 Å². The molecular formula is C11H11Cl2N3O. The molecule has 0 atom stereocenters. The van der Waals surface area contributed by atoms with Crippen LogP contribution in [0.15, 0.2) is 18.2 Å². The lowest BCUT2D eigenvalue weighted by atomic mass is 10.3. The first-order chi connectivity index (χ1) is 8.11. The first-order valence-corrected chi connectivity index (χ1v) is 5.71. The number of anilines is 1. The number of carbonyl (C=O) groups excluding carboxylic acids is 1. The highest BCUT2D eigenvalue weighted by Crippen LogP contribution is 2.22. The van der Waals surface area contributed by atoms with E-state index in [1.54, 1.807) is 18.2 Å². The maximum atomic E-state index is 11.3. The molecule has 6 heteroatoms. The highest BCUT2D eigenvalue weighted by molar-refractivity contribution is 6.35. The van der Waals surface area contributed by atoms with Gasteiger partial charge in [-0.3, -0.25) is 4.79 Å². The average Bonchev–Trinajstić information content (AvgIpc) is 2.25. The predicted octanol–water partition coefficient (Wildman–Crippen LogP) is 2.44. The van der Waals surface area contributed by atoms with Crippen molar-refractivity contribution in [2.24, 2.45) is 0 Å². The smallest absolute Gasteiger partial charge is 0.239 e. The van der Waals surface area contributed by atoms with E-state index in [1.165, 1.54) is 0 Å². The summed E-state index contributed by atoms with van der Waals surface area (Å²) in [7, 11) is 0. The molecule has 2 N–H and O–H groups in total. The van der Waals surface area contributed by atoms with Crippen LogP contribution in [0.25, 0.3) is 0 Å². The van der Waals surface area contributed by atoms with Crippen LogP contribution in [-0.4, -0.2) is 19.0 Å². The maximum Gasteiger partial charge on any atom is 0.239 e. The van der Waals surface area contributed by atoms with Gasteiger partial charge in [-0.25, -0.2) is 0 Å². The number of nitriles is 1. The summed E-state index contributed by atoms with van der Waals surface area (Å²) in [6.45, 7) is 0.468. The molecule has 1 aromatic rings. The number of rotatable bonds is 5. The van der Waals surface area contributed by atoms with Gasteiger partial charge < -0.3 is 10.6 Å². The first kappa shape index (κ1) is 13.6. The molecular weight excluding hydrogens is 261 g/mol. The van der Waals surface area contributed by atoms with E-state index in [9.17, 15) is 4.79 Å². The van der Waals surface area contributed by atoms with Crippen molar-refractivity contribution < 1.29 is 4.79 Å². The number of carbonyl (C=O) groups is 1. The number of benzene rings is 1. The number of nitrogens with zero attached hydrogens (tertiary/aromatic N) is 1. The van der Waals surface area contributed by atoms with Crippen molar-refractivity contribution >= 4 is 34.8 Å². The molecule has 0 saturated heterocycles. The van der Waals surface area contributed by atoms with Crippen molar-refractivity contribution in [3.05, 3.63) is 28.2 Å². The minimum absolute atomic E-state index is 0.113. The zero-order chi connectivity index (χ0) is 12.7. The molecule has 0 saturated carbocycles. The molecule has 0 aliphatic carbocycles. The van der Waals surface area contributed by atoms with Gasteiger partial charge in [0, 0.05) is 22.3 Å². The maximum absolute atomic E-state index is 11.3. The summed E-state index contributed by atoms with van der Waals surface area (Å²) >= 11 is 11.6. The van der Waals surface area contributed by atoms with E-state index in [2.05, 4.69) is 10.6 Å². The van der Waals surface area contributed by atoms with Crippen LogP contribution in [0.5, 0.6) is 0 Å². The highest BCUT2D eigenvalue weighted by atomic mass is 35.5. The predicted molar refractivity (Wildman–Crippen MR) is 68.2 cm³/mol. The van der Waals surface area contributed by atoms with E-state index < -0.39 is 0 Å². The quantitative estimate of drug-likeness (QED) is 0.809. The zero-order valence-electron chi connectivity index (χ0n) is 8.96. The second-order valence-corrected chi connectivity index (χ2v) is 4.14. The van der Waals surface area contributed by atoms with Crippen LogP contribution < -0.4 is 10.6 Å². The van der Waals surface area contributed by atoms with Gasteiger partial charge in [0.15, 0.2) is 0 Å². The van der Waals surface area contributed by atoms with Crippen LogP contribution >= 0.6 is 23.2 Å². The normalized spacial score (nSPS) is 9.47. The van der Waals surface area contributed by atoms with E-state index in [-0.39, 0.29) is 12.5 Å².